The predicted molar refractivity (Wildman–Crippen MR) is 72.3 cm³/mol. The first kappa shape index (κ1) is 14.0. The molecular formula is C14H20FN3O. The summed E-state index contributed by atoms with van der Waals surface area (Å²) in [5.41, 5.74) is 5.93. The van der Waals surface area contributed by atoms with Crippen LogP contribution in [0.1, 0.15) is 28.8 Å². The maximum atomic E-state index is 13.9. The quantitative estimate of drug-likeness (QED) is 0.857. The molecule has 0 aromatic heterocycles. The van der Waals surface area contributed by atoms with Gasteiger partial charge in [0.15, 0.2) is 0 Å². The summed E-state index contributed by atoms with van der Waals surface area (Å²) >= 11 is 0. The number of likely N-dealkylation sites (N-methyl/N-ethyl adjacent to an activating group) is 1. The van der Waals surface area contributed by atoms with Gasteiger partial charge in [0, 0.05) is 30.3 Å². The van der Waals surface area contributed by atoms with Crippen LogP contribution >= 0.6 is 0 Å². The van der Waals surface area contributed by atoms with E-state index in [0.29, 0.717) is 18.2 Å². The molecule has 1 fully saturated rings. The molecule has 19 heavy (non-hydrogen) atoms. The highest BCUT2D eigenvalue weighted by Crippen LogP contribution is 2.16. The second-order valence-corrected chi connectivity index (χ2v) is 5.09. The van der Waals surface area contributed by atoms with Gasteiger partial charge in [-0.1, -0.05) is 6.07 Å². The number of benzene rings is 1. The largest absolute Gasteiger partial charge is 0.366 e. The monoisotopic (exact) mass is 265 g/mol. The molecule has 0 radical (unpaired) electrons. The van der Waals surface area contributed by atoms with Gasteiger partial charge in [-0.3, -0.25) is 9.69 Å². The lowest BCUT2D eigenvalue weighted by Gasteiger charge is -2.31. The number of amides is 1. The van der Waals surface area contributed by atoms with Crippen molar-refractivity contribution in [1.29, 1.82) is 0 Å². The molecule has 1 unspecified atom stereocenters. The molecule has 1 aliphatic rings. The summed E-state index contributed by atoms with van der Waals surface area (Å²) in [5.74, 6) is -0.970. The molecule has 1 aromatic rings. The van der Waals surface area contributed by atoms with Crippen LogP contribution in [0.2, 0.25) is 0 Å². The van der Waals surface area contributed by atoms with E-state index < -0.39 is 5.91 Å². The first-order valence-corrected chi connectivity index (χ1v) is 6.57. The smallest absolute Gasteiger partial charge is 0.248 e. The number of carbonyl (C=O) groups is 1. The maximum absolute atomic E-state index is 13.9. The number of nitrogens with one attached hydrogen (secondary N) is 1. The number of hydrogen-bond acceptors (Lipinski definition) is 3. The number of rotatable bonds is 4. The average molecular weight is 265 g/mol. The van der Waals surface area contributed by atoms with E-state index in [1.54, 1.807) is 12.1 Å². The summed E-state index contributed by atoms with van der Waals surface area (Å²) in [5, 5.41) is 3.34. The molecule has 0 spiro atoms. The molecule has 1 saturated heterocycles. The fraction of sp³-hybridized carbons (Fsp3) is 0.500. The molecule has 1 aromatic carbocycles. The molecule has 3 N–H and O–H groups in total. The SMILES string of the molecule is CN(Cc1ccc(C(N)=O)cc1F)C1CCCNC1. The lowest BCUT2D eigenvalue weighted by atomic mass is 10.0. The van der Waals surface area contributed by atoms with Gasteiger partial charge in [0.05, 0.1) is 0 Å². The predicted octanol–water partition coefficient (Wildman–Crippen LogP) is 1.11. The van der Waals surface area contributed by atoms with E-state index in [1.807, 2.05) is 7.05 Å². The summed E-state index contributed by atoms with van der Waals surface area (Å²) in [6, 6.07) is 4.87. The molecule has 0 bridgehead atoms. The van der Waals surface area contributed by atoms with Crippen molar-refractivity contribution in [3.8, 4) is 0 Å². The number of nitrogens with zero attached hydrogens (tertiary/aromatic N) is 1. The Hall–Kier alpha value is -1.46. The molecule has 1 heterocycles. The van der Waals surface area contributed by atoms with Crippen LogP contribution in [0, 0.1) is 5.82 Å². The Morgan fingerprint density at radius 2 is 2.37 bits per heavy atom. The van der Waals surface area contributed by atoms with E-state index in [1.165, 1.54) is 6.07 Å². The standard InChI is InChI=1S/C14H20FN3O/c1-18(12-3-2-6-17-8-12)9-11-5-4-10(14(16)19)7-13(11)15/h4-5,7,12,17H,2-3,6,8-9H2,1H3,(H2,16,19). The summed E-state index contributed by atoms with van der Waals surface area (Å²) in [4.78, 5) is 13.1. The van der Waals surface area contributed by atoms with Gasteiger partial charge >= 0.3 is 0 Å². The summed E-state index contributed by atoms with van der Waals surface area (Å²) in [7, 11) is 2.00. The number of primary amides is 1. The molecule has 0 aliphatic carbocycles. The molecular weight excluding hydrogens is 245 g/mol. The van der Waals surface area contributed by atoms with Crippen molar-refractivity contribution in [3.63, 3.8) is 0 Å². The van der Waals surface area contributed by atoms with Crippen molar-refractivity contribution in [3.05, 3.63) is 35.1 Å². The molecule has 104 valence electrons. The number of carbonyl (C=O) groups excluding carboxylic acids is 1. The minimum Gasteiger partial charge on any atom is -0.366 e. The Labute approximate surface area is 112 Å². The van der Waals surface area contributed by atoms with Crippen molar-refractivity contribution in [1.82, 2.24) is 10.2 Å². The van der Waals surface area contributed by atoms with E-state index >= 15 is 0 Å². The van der Waals surface area contributed by atoms with Crippen LogP contribution in [-0.2, 0) is 6.54 Å². The van der Waals surface area contributed by atoms with Crippen molar-refractivity contribution < 1.29 is 9.18 Å². The fourth-order valence-corrected chi connectivity index (χ4v) is 2.44. The van der Waals surface area contributed by atoms with Crippen molar-refractivity contribution in [2.24, 2.45) is 5.73 Å². The first-order valence-electron chi connectivity index (χ1n) is 6.57. The molecule has 1 amide bonds. The normalized spacial score (nSPS) is 19.6. The zero-order valence-electron chi connectivity index (χ0n) is 11.2. The molecule has 1 atom stereocenters. The lowest BCUT2D eigenvalue weighted by Crippen LogP contribution is -2.43. The van der Waals surface area contributed by atoms with E-state index in [0.717, 1.165) is 25.9 Å². The molecule has 4 nitrogen and oxygen atoms in total. The second kappa shape index (κ2) is 6.12. The van der Waals surface area contributed by atoms with Crippen LogP contribution in [0.5, 0.6) is 0 Å². The minimum absolute atomic E-state index is 0.211. The molecule has 1 aliphatic heterocycles. The molecule has 5 heteroatoms. The van der Waals surface area contributed by atoms with Crippen LogP contribution in [-0.4, -0.2) is 37.0 Å². The Kier molecular flexibility index (Phi) is 4.50. The summed E-state index contributed by atoms with van der Waals surface area (Å²) in [6.45, 7) is 2.54. The van der Waals surface area contributed by atoms with E-state index in [-0.39, 0.29) is 11.4 Å². The number of halogens is 1. The van der Waals surface area contributed by atoms with Crippen LogP contribution in [0.3, 0.4) is 0 Å². The Bertz CT molecular complexity index is 458. The highest BCUT2D eigenvalue weighted by Gasteiger charge is 2.19. The van der Waals surface area contributed by atoms with Crippen LogP contribution in [0.15, 0.2) is 18.2 Å². The van der Waals surface area contributed by atoms with Gasteiger partial charge in [0.1, 0.15) is 5.82 Å². The zero-order chi connectivity index (χ0) is 13.8. The third kappa shape index (κ3) is 3.52. The van der Waals surface area contributed by atoms with Gasteiger partial charge in [-0.15, -0.1) is 0 Å². The van der Waals surface area contributed by atoms with Gasteiger partial charge in [-0.2, -0.15) is 0 Å². The van der Waals surface area contributed by atoms with Crippen LogP contribution in [0.4, 0.5) is 4.39 Å². The van der Waals surface area contributed by atoms with E-state index in [4.69, 9.17) is 5.73 Å². The highest BCUT2D eigenvalue weighted by atomic mass is 19.1. The third-order valence-corrected chi connectivity index (χ3v) is 3.65. The Morgan fingerprint density at radius 1 is 1.58 bits per heavy atom. The number of hydrogen-bond donors (Lipinski definition) is 2. The summed E-state index contributed by atoms with van der Waals surface area (Å²) in [6.07, 6.45) is 2.28. The van der Waals surface area contributed by atoms with Crippen molar-refractivity contribution in [2.45, 2.75) is 25.4 Å². The highest BCUT2D eigenvalue weighted by molar-refractivity contribution is 5.92. The van der Waals surface area contributed by atoms with Crippen LogP contribution in [0.25, 0.3) is 0 Å². The topological polar surface area (TPSA) is 58.4 Å². The number of piperidine rings is 1. The fourth-order valence-electron chi connectivity index (χ4n) is 2.44. The number of nitrogens with two attached hydrogens (primary N) is 1. The van der Waals surface area contributed by atoms with Crippen LogP contribution < -0.4 is 11.1 Å². The Morgan fingerprint density at radius 3 is 2.95 bits per heavy atom. The average Bonchev–Trinajstić information content (AvgIpc) is 2.41. The molecule has 0 saturated carbocycles. The maximum Gasteiger partial charge on any atom is 0.248 e. The zero-order valence-corrected chi connectivity index (χ0v) is 11.2. The first-order chi connectivity index (χ1) is 9.08. The minimum atomic E-state index is -0.602. The molecule has 2 rings (SSSR count). The van der Waals surface area contributed by atoms with Crippen molar-refractivity contribution in [2.75, 3.05) is 20.1 Å². The van der Waals surface area contributed by atoms with E-state index in [2.05, 4.69) is 10.2 Å². The summed E-state index contributed by atoms with van der Waals surface area (Å²) < 4.78 is 13.9. The lowest BCUT2D eigenvalue weighted by molar-refractivity contribution is 0.1000. The van der Waals surface area contributed by atoms with Gasteiger partial charge in [-0.05, 0) is 38.6 Å². The van der Waals surface area contributed by atoms with Gasteiger partial charge in [0.25, 0.3) is 0 Å². The van der Waals surface area contributed by atoms with Gasteiger partial charge in [-0.25, -0.2) is 4.39 Å². The van der Waals surface area contributed by atoms with Gasteiger partial charge in [0.2, 0.25) is 5.91 Å². The third-order valence-electron chi connectivity index (χ3n) is 3.65. The Balaban J connectivity index is 2.03. The second-order valence-electron chi connectivity index (χ2n) is 5.09. The van der Waals surface area contributed by atoms with Gasteiger partial charge < -0.3 is 11.1 Å². The van der Waals surface area contributed by atoms with E-state index in [9.17, 15) is 9.18 Å². The van der Waals surface area contributed by atoms with Crippen molar-refractivity contribution >= 4 is 5.91 Å².